The molecule has 0 saturated carbocycles. The van der Waals surface area contributed by atoms with Gasteiger partial charge in [-0.3, -0.25) is 9.59 Å². The van der Waals surface area contributed by atoms with Crippen LogP contribution in [0.5, 0.6) is 5.75 Å². The molecule has 2 aromatic rings. The number of rotatable bonds is 5. The van der Waals surface area contributed by atoms with Crippen molar-refractivity contribution in [3.8, 4) is 5.75 Å². The molecule has 2 amide bonds. The number of anilines is 1. The van der Waals surface area contributed by atoms with Crippen LogP contribution in [0.1, 0.15) is 23.3 Å². The summed E-state index contributed by atoms with van der Waals surface area (Å²) in [5.74, 6) is -0.179. The number of methoxy groups -OCH3 is 1. The van der Waals surface area contributed by atoms with Crippen LogP contribution in [0.2, 0.25) is 0 Å². The summed E-state index contributed by atoms with van der Waals surface area (Å²) in [4.78, 5) is 23.6. The summed E-state index contributed by atoms with van der Waals surface area (Å²) in [7, 11) is 1.54. The van der Waals surface area contributed by atoms with E-state index in [4.69, 9.17) is 10.5 Å². The van der Waals surface area contributed by atoms with Crippen LogP contribution >= 0.6 is 0 Å². The Morgan fingerprint density at radius 1 is 1.23 bits per heavy atom. The Hall–Kier alpha value is -2.89. The van der Waals surface area contributed by atoms with Gasteiger partial charge < -0.3 is 15.8 Å². The Kier molecular flexibility index (Phi) is 4.73. The minimum Gasteiger partial charge on any atom is -0.495 e. The van der Waals surface area contributed by atoms with Gasteiger partial charge in [0.1, 0.15) is 11.3 Å². The lowest BCUT2D eigenvalue weighted by molar-refractivity contribution is -0.705. The minimum atomic E-state index is -0.535. The normalized spacial score (nSPS) is 11.5. The van der Waals surface area contributed by atoms with E-state index in [-0.39, 0.29) is 5.91 Å². The standard InChI is InChI=1S/C16H17N3O3/c1-11(19-9-5-6-12(10-19)15(17)20)16(21)18-13-7-3-4-8-14(13)22-2/h3-11H,1-2H3,(H2-,17,18,20,21)/p+1/t11-/m1/s1. The number of carbonyl (C=O) groups excluding carboxylic acids is 2. The summed E-state index contributed by atoms with van der Waals surface area (Å²) in [6, 6.07) is 9.92. The molecule has 0 saturated heterocycles. The topological polar surface area (TPSA) is 85.3 Å². The number of nitrogens with zero attached hydrogens (tertiary/aromatic N) is 1. The number of ether oxygens (including phenoxy) is 1. The first-order valence-corrected chi connectivity index (χ1v) is 6.77. The van der Waals surface area contributed by atoms with Crippen LogP contribution in [0.3, 0.4) is 0 Å². The maximum Gasteiger partial charge on any atom is 0.293 e. The molecule has 6 heteroatoms. The first kappa shape index (κ1) is 15.5. The number of pyridine rings is 1. The summed E-state index contributed by atoms with van der Waals surface area (Å²) in [5, 5.41) is 2.81. The molecule has 114 valence electrons. The van der Waals surface area contributed by atoms with Gasteiger partial charge in [0, 0.05) is 13.0 Å². The van der Waals surface area contributed by atoms with Crippen LogP contribution in [0.25, 0.3) is 0 Å². The number of benzene rings is 1. The van der Waals surface area contributed by atoms with E-state index in [0.29, 0.717) is 17.0 Å². The van der Waals surface area contributed by atoms with Crippen molar-refractivity contribution in [2.24, 2.45) is 5.73 Å². The quantitative estimate of drug-likeness (QED) is 0.816. The third kappa shape index (κ3) is 3.41. The highest BCUT2D eigenvalue weighted by Gasteiger charge is 2.23. The first-order valence-electron chi connectivity index (χ1n) is 6.77. The van der Waals surface area contributed by atoms with Gasteiger partial charge in [-0.05, 0) is 18.2 Å². The van der Waals surface area contributed by atoms with E-state index in [2.05, 4.69) is 5.32 Å². The van der Waals surface area contributed by atoms with Gasteiger partial charge in [0.05, 0.1) is 12.8 Å². The van der Waals surface area contributed by atoms with Gasteiger partial charge in [0.2, 0.25) is 6.04 Å². The van der Waals surface area contributed by atoms with Crippen molar-refractivity contribution in [2.45, 2.75) is 13.0 Å². The molecule has 3 N–H and O–H groups in total. The molecule has 0 bridgehead atoms. The van der Waals surface area contributed by atoms with E-state index < -0.39 is 11.9 Å². The van der Waals surface area contributed by atoms with Crippen LogP contribution in [0.15, 0.2) is 48.8 Å². The molecule has 0 aliphatic rings. The van der Waals surface area contributed by atoms with Gasteiger partial charge in [-0.15, -0.1) is 0 Å². The number of nitrogens with two attached hydrogens (primary N) is 1. The molecule has 6 nitrogen and oxygen atoms in total. The largest absolute Gasteiger partial charge is 0.495 e. The molecule has 0 radical (unpaired) electrons. The molecule has 1 aromatic carbocycles. The summed E-state index contributed by atoms with van der Waals surface area (Å²) in [5.41, 5.74) is 6.19. The highest BCUT2D eigenvalue weighted by molar-refractivity contribution is 5.94. The van der Waals surface area contributed by atoms with E-state index in [1.54, 1.807) is 55.3 Å². The van der Waals surface area contributed by atoms with Crippen molar-refractivity contribution in [2.75, 3.05) is 12.4 Å². The molecule has 2 rings (SSSR count). The average Bonchev–Trinajstić information content (AvgIpc) is 2.54. The molecule has 1 heterocycles. The van der Waals surface area contributed by atoms with Gasteiger partial charge in [0.15, 0.2) is 12.4 Å². The average molecular weight is 300 g/mol. The molecule has 0 unspecified atom stereocenters. The Morgan fingerprint density at radius 3 is 2.64 bits per heavy atom. The SMILES string of the molecule is COc1ccccc1NC(=O)[C@@H](C)[n+]1cccc(C(N)=O)c1. The number of amides is 2. The second-order valence-electron chi connectivity index (χ2n) is 4.77. The van der Waals surface area contributed by atoms with Gasteiger partial charge in [-0.25, -0.2) is 0 Å². The second kappa shape index (κ2) is 6.71. The number of aromatic nitrogens is 1. The van der Waals surface area contributed by atoms with Crippen molar-refractivity contribution in [1.29, 1.82) is 0 Å². The molecule has 0 aliphatic carbocycles. The van der Waals surface area contributed by atoms with Gasteiger partial charge in [-0.2, -0.15) is 4.57 Å². The van der Waals surface area contributed by atoms with Crippen molar-refractivity contribution in [3.63, 3.8) is 0 Å². The van der Waals surface area contributed by atoms with Crippen LogP contribution in [-0.4, -0.2) is 18.9 Å². The van der Waals surface area contributed by atoms with Crippen LogP contribution in [-0.2, 0) is 4.79 Å². The molecule has 0 fully saturated rings. The number of para-hydroxylation sites is 2. The molecular weight excluding hydrogens is 282 g/mol. The number of primary amides is 1. The summed E-state index contributed by atoms with van der Waals surface area (Å²) >= 11 is 0. The van der Waals surface area contributed by atoms with E-state index in [1.807, 2.05) is 12.1 Å². The second-order valence-corrected chi connectivity index (χ2v) is 4.77. The maximum absolute atomic E-state index is 12.4. The lowest BCUT2D eigenvalue weighted by Crippen LogP contribution is -2.44. The number of hydrogen-bond donors (Lipinski definition) is 2. The highest BCUT2D eigenvalue weighted by atomic mass is 16.5. The van der Waals surface area contributed by atoms with Gasteiger partial charge in [-0.1, -0.05) is 12.1 Å². The zero-order valence-electron chi connectivity index (χ0n) is 12.4. The summed E-state index contributed by atoms with van der Waals surface area (Å²) in [6.45, 7) is 1.73. The monoisotopic (exact) mass is 300 g/mol. The molecule has 1 aromatic heterocycles. The van der Waals surface area contributed by atoms with Gasteiger partial charge >= 0.3 is 0 Å². The predicted octanol–water partition coefficient (Wildman–Crippen LogP) is 1.28. The number of carbonyl (C=O) groups is 2. The Morgan fingerprint density at radius 2 is 1.95 bits per heavy atom. The van der Waals surface area contributed by atoms with Crippen LogP contribution in [0, 0.1) is 0 Å². The molecule has 22 heavy (non-hydrogen) atoms. The third-order valence-electron chi connectivity index (χ3n) is 3.30. The predicted molar refractivity (Wildman–Crippen MR) is 81.5 cm³/mol. The first-order chi connectivity index (χ1) is 10.5. The summed E-state index contributed by atoms with van der Waals surface area (Å²) < 4.78 is 6.83. The Balaban J connectivity index is 2.19. The van der Waals surface area contributed by atoms with Gasteiger partial charge in [0.25, 0.3) is 11.8 Å². The molecule has 0 aliphatic heterocycles. The van der Waals surface area contributed by atoms with Crippen molar-refractivity contribution in [1.82, 2.24) is 0 Å². The lowest BCUT2D eigenvalue weighted by Gasteiger charge is -2.11. The van der Waals surface area contributed by atoms with Crippen LogP contribution < -0.4 is 20.4 Å². The fraction of sp³-hybridized carbons (Fsp3) is 0.188. The lowest BCUT2D eigenvalue weighted by atomic mass is 10.2. The number of nitrogens with one attached hydrogen (secondary N) is 1. The fourth-order valence-electron chi connectivity index (χ4n) is 2.00. The molecule has 1 atom stereocenters. The Bertz CT molecular complexity index is 701. The van der Waals surface area contributed by atoms with E-state index in [0.717, 1.165) is 0 Å². The summed E-state index contributed by atoms with van der Waals surface area (Å²) in [6.07, 6.45) is 3.26. The maximum atomic E-state index is 12.4. The molecule has 0 spiro atoms. The van der Waals surface area contributed by atoms with Crippen molar-refractivity contribution in [3.05, 3.63) is 54.4 Å². The van der Waals surface area contributed by atoms with E-state index in [1.165, 1.54) is 0 Å². The van der Waals surface area contributed by atoms with E-state index in [9.17, 15) is 9.59 Å². The van der Waals surface area contributed by atoms with Crippen molar-refractivity contribution < 1.29 is 18.9 Å². The third-order valence-corrected chi connectivity index (χ3v) is 3.30. The number of hydrogen-bond acceptors (Lipinski definition) is 3. The Labute approximate surface area is 128 Å². The van der Waals surface area contributed by atoms with E-state index >= 15 is 0 Å². The fourth-order valence-corrected chi connectivity index (χ4v) is 2.00. The smallest absolute Gasteiger partial charge is 0.293 e. The zero-order valence-corrected chi connectivity index (χ0v) is 12.4. The van der Waals surface area contributed by atoms with Crippen molar-refractivity contribution >= 4 is 17.5 Å². The minimum absolute atomic E-state index is 0.226. The highest BCUT2D eigenvalue weighted by Crippen LogP contribution is 2.23. The molecular formula is C16H18N3O3+. The zero-order chi connectivity index (χ0) is 16.1. The van der Waals surface area contributed by atoms with Crippen LogP contribution in [0.4, 0.5) is 5.69 Å².